The van der Waals surface area contributed by atoms with Gasteiger partial charge in [-0.05, 0) is 57.8 Å². The lowest BCUT2D eigenvalue weighted by molar-refractivity contribution is -0.870. The summed E-state index contributed by atoms with van der Waals surface area (Å²) in [7, 11) is 5.92. The molecule has 0 radical (unpaired) electrons. The van der Waals surface area contributed by atoms with Gasteiger partial charge < -0.3 is 33.3 Å². The lowest BCUT2D eigenvalue weighted by Gasteiger charge is -2.26. The number of carbonyl (C=O) groups excluding carboxylic acids is 3. The van der Waals surface area contributed by atoms with Gasteiger partial charge in [0.05, 0.1) is 40.3 Å². The number of allylic oxidation sites excluding steroid dienone is 10. The maximum Gasteiger partial charge on any atom is 0.306 e. The highest BCUT2D eigenvalue weighted by Gasteiger charge is 2.22. The number of hydrogen-bond acceptors (Lipinski definition) is 8. The van der Waals surface area contributed by atoms with Gasteiger partial charge in [-0.2, -0.15) is 0 Å². The maximum atomic E-state index is 12.8. The van der Waals surface area contributed by atoms with E-state index >= 15 is 0 Å². The predicted molar refractivity (Wildman–Crippen MR) is 283 cm³/mol. The average Bonchev–Trinajstić information content (AvgIpc) is 3.30. The summed E-state index contributed by atoms with van der Waals surface area (Å²) < 4.78 is 22.7. The molecule has 0 saturated carbocycles. The first kappa shape index (κ1) is 65.0. The zero-order valence-electron chi connectivity index (χ0n) is 44.7. The summed E-state index contributed by atoms with van der Waals surface area (Å²) >= 11 is 0. The van der Waals surface area contributed by atoms with Crippen LogP contribution < -0.4 is 5.11 Å². The van der Waals surface area contributed by atoms with Crippen LogP contribution in [0.1, 0.15) is 239 Å². The average molecular weight is 956 g/mol. The fourth-order valence-corrected chi connectivity index (χ4v) is 7.74. The molecule has 0 bridgehead atoms. The number of aliphatic carboxylic acids is 1. The Morgan fingerprint density at radius 2 is 0.838 bits per heavy atom. The molecule has 0 aliphatic carbocycles. The fourth-order valence-electron chi connectivity index (χ4n) is 7.74. The minimum Gasteiger partial charge on any atom is -0.545 e. The van der Waals surface area contributed by atoms with Gasteiger partial charge in [0.25, 0.3) is 0 Å². The van der Waals surface area contributed by atoms with Gasteiger partial charge in [0, 0.05) is 12.8 Å². The van der Waals surface area contributed by atoms with Crippen LogP contribution in [0.4, 0.5) is 0 Å². The second-order valence-corrected chi connectivity index (χ2v) is 19.9. The van der Waals surface area contributed by atoms with Crippen molar-refractivity contribution in [2.75, 3.05) is 47.5 Å². The fraction of sp³-hybridized carbons (Fsp3) is 0.780. The standard InChI is InChI=1S/C59H105NO8/c1-6-8-10-12-14-16-18-20-22-24-26-28-29-30-32-34-36-38-40-42-44-46-48-50-57(62)68-55(54-67-59(58(63)64)65-52-51-60(3,4)5)53-66-56(61)49-47-45-43-41-39-37-35-33-31-27-25-23-21-19-17-15-13-11-9-7-2/h8,10,14,16,20,22,26,28,30,32,55,59H,6-7,9,11-13,15,17-19,21,23-25,27,29,31,33-54H2,1-5H3/b10-8-,16-14-,22-20-,28-26-,32-30-. The molecule has 68 heavy (non-hydrogen) atoms. The van der Waals surface area contributed by atoms with E-state index in [1.807, 2.05) is 21.1 Å². The minimum absolute atomic E-state index is 0.144. The van der Waals surface area contributed by atoms with Gasteiger partial charge in [-0.3, -0.25) is 9.59 Å². The molecule has 9 nitrogen and oxygen atoms in total. The summed E-state index contributed by atoms with van der Waals surface area (Å²) in [6.07, 6.45) is 59.7. The number of rotatable bonds is 51. The summed E-state index contributed by atoms with van der Waals surface area (Å²) in [6.45, 7) is 4.64. The zero-order chi connectivity index (χ0) is 49.9. The minimum atomic E-state index is -1.63. The van der Waals surface area contributed by atoms with Crippen LogP contribution in [0.3, 0.4) is 0 Å². The Morgan fingerprint density at radius 3 is 1.25 bits per heavy atom. The van der Waals surface area contributed by atoms with Crippen LogP contribution in [0, 0.1) is 0 Å². The van der Waals surface area contributed by atoms with Crippen molar-refractivity contribution in [2.24, 2.45) is 0 Å². The van der Waals surface area contributed by atoms with E-state index in [4.69, 9.17) is 18.9 Å². The van der Waals surface area contributed by atoms with Crippen LogP contribution in [-0.4, -0.2) is 82.3 Å². The van der Waals surface area contributed by atoms with Crippen molar-refractivity contribution in [2.45, 2.75) is 251 Å². The van der Waals surface area contributed by atoms with E-state index in [1.165, 1.54) is 128 Å². The number of carbonyl (C=O) groups is 3. The highest BCUT2D eigenvalue weighted by molar-refractivity contribution is 5.70. The highest BCUT2D eigenvalue weighted by Crippen LogP contribution is 2.16. The molecule has 2 atom stereocenters. The third-order valence-corrected chi connectivity index (χ3v) is 12.0. The molecule has 0 aliphatic heterocycles. The van der Waals surface area contributed by atoms with Crippen molar-refractivity contribution in [1.29, 1.82) is 0 Å². The summed E-state index contributed by atoms with van der Waals surface area (Å²) in [5.41, 5.74) is 0. The molecule has 0 aromatic heterocycles. The Kier molecular flexibility index (Phi) is 48.2. The molecule has 0 amide bonds. The number of hydrogen-bond donors (Lipinski definition) is 0. The van der Waals surface area contributed by atoms with Crippen molar-refractivity contribution in [1.82, 2.24) is 0 Å². The van der Waals surface area contributed by atoms with Crippen LogP contribution >= 0.6 is 0 Å². The van der Waals surface area contributed by atoms with Gasteiger partial charge >= 0.3 is 11.9 Å². The Labute approximate surface area is 418 Å². The molecule has 0 spiro atoms. The number of esters is 2. The van der Waals surface area contributed by atoms with E-state index in [2.05, 4.69) is 74.6 Å². The van der Waals surface area contributed by atoms with Gasteiger partial charge in [-0.25, -0.2) is 0 Å². The van der Waals surface area contributed by atoms with E-state index in [-0.39, 0.29) is 32.2 Å². The Morgan fingerprint density at radius 1 is 0.456 bits per heavy atom. The Hall–Kier alpha value is -3.01. The molecule has 0 aromatic carbocycles. The topological polar surface area (TPSA) is 111 Å². The number of nitrogens with zero attached hydrogens (tertiary/aromatic N) is 1. The van der Waals surface area contributed by atoms with Crippen molar-refractivity contribution in [3.63, 3.8) is 0 Å². The second kappa shape index (κ2) is 50.4. The zero-order valence-corrected chi connectivity index (χ0v) is 44.7. The molecule has 0 N–H and O–H groups in total. The number of carboxylic acid groups (broad SMARTS) is 1. The van der Waals surface area contributed by atoms with Crippen molar-refractivity contribution < 1.29 is 42.9 Å². The van der Waals surface area contributed by atoms with Crippen LogP contribution in [0.2, 0.25) is 0 Å². The van der Waals surface area contributed by atoms with Crippen molar-refractivity contribution in [3.05, 3.63) is 60.8 Å². The van der Waals surface area contributed by atoms with Crippen molar-refractivity contribution in [3.8, 4) is 0 Å². The Bertz CT molecular complexity index is 1300. The number of carboxylic acids is 1. The Balaban J connectivity index is 4.30. The second-order valence-electron chi connectivity index (χ2n) is 19.9. The van der Waals surface area contributed by atoms with Gasteiger partial charge in [-0.1, -0.05) is 229 Å². The van der Waals surface area contributed by atoms with Crippen LogP contribution in [0.15, 0.2) is 60.8 Å². The van der Waals surface area contributed by atoms with Crippen LogP contribution in [-0.2, 0) is 33.3 Å². The number of ether oxygens (including phenoxy) is 4. The number of likely N-dealkylation sites (N-methyl/N-ethyl adjacent to an activating group) is 1. The molecule has 0 heterocycles. The summed E-state index contributed by atoms with van der Waals surface area (Å²) in [6, 6.07) is 0. The summed E-state index contributed by atoms with van der Waals surface area (Å²) in [4.78, 5) is 37.3. The van der Waals surface area contributed by atoms with Crippen LogP contribution in [0.5, 0.6) is 0 Å². The SMILES string of the molecule is CC/C=C\C/C=C\C/C=C\C/C=C\C/C=C\CCCCCCCCCC(=O)OC(COC(=O)CCCCCCCCCCCCCCCCCCCCCC)COC(OCC[N+](C)(C)C)C(=O)[O-]. The van der Waals surface area contributed by atoms with Gasteiger partial charge in [0.15, 0.2) is 12.4 Å². The number of unbranched alkanes of at least 4 members (excludes halogenated alkanes) is 26. The normalized spacial score (nSPS) is 13.2. The molecular weight excluding hydrogens is 851 g/mol. The lowest BCUT2D eigenvalue weighted by atomic mass is 10.0. The highest BCUT2D eigenvalue weighted by atomic mass is 16.7. The first-order chi connectivity index (χ1) is 33.1. The van der Waals surface area contributed by atoms with E-state index in [0.717, 1.165) is 77.0 Å². The third-order valence-electron chi connectivity index (χ3n) is 12.0. The van der Waals surface area contributed by atoms with E-state index in [9.17, 15) is 19.5 Å². The lowest BCUT2D eigenvalue weighted by Crippen LogP contribution is -2.44. The molecule has 0 aliphatic rings. The largest absolute Gasteiger partial charge is 0.545 e. The quantitative estimate of drug-likeness (QED) is 0.0195. The third kappa shape index (κ3) is 50.9. The molecule has 0 fully saturated rings. The summed E-state index contributed by atoms with van der Waals surface area (Å²) in [5, 5.41) is 11.8. The molecule has 0 aromatic rings. The monoisotopic (exact) mass is 956 g/mol. The molecule has 0 rings (SSSR count). The van der Waals surface area contributed by atoms with Gasteiger partial charge in [-0.15, -0.1) is 0 Å². The number of quaternary nitrogens is 1. The smallest absolute Gasteiger partial charge is 0.306 e. The molecular formula is C59H105NO8. The van der Waals surface area contributed by atoms with Gasteiger partial charge in [0.1, 0.15) is 13.2 Å². The van der Waals surface area contributed by atoms with Gasteiger partial charge in [0.2, 0.25) is 0 Å². The van der Waals surface area contributed by atoms with E-state index in [1.54, 1.807) is 0 Å². The molecule has 0 saturated heterocycles. The first-order valence-corrected chi connectivity index (χ1v) is 27.9. The van der Waals surface area contributed by atoms with Crippen LogP contribution in [0.25, 0.3) is 0 Å². The van der Waals surface area contributed by atoms with E-state index in [0.29, 0.717) is 23.9 Å². The maximum absolute atomic E-state index is 12.8. The molecule has 9 heteroatoms. The summed E-state index contributed by atoms with van der Waals surface area (Å²) in [5.74, 6) is -2.29. The molecule has 2 unspecified atom stereocenters. The first-order valence-electron chi connectivity index (χ1n) is 27.9. The predicted octanol–water partition coefficient (Wildman–Crippen LogP) is 14.7. The van der Waals surface area contributed by atoms with Crippen molar-refractivity contribution >= 4 is 17.9 Å². The van der Waals surface area contributed by atoms with E-state index < -0.39 is 24.3 Å². The molecule has 394 valence electrons.